The molecule has 0 aromatic carbocycles. The van der Waals surface area contributed by atoms with E-state index in [-0.39, 0.29) is 5.41 Å². The molecular weight excluding hydrogens is 170 g/mol. The van der Waals surface area contributed by atoms with Crippen molar-refractivity contribution in [2.75, 3.05) is 20.1 Å². The topological polar surface area (TPSA) is 3.24 Å². The first-order valence-corrected chi connectivity index (χ1v) is 5.60. The van der Waals surface area contributed by atoms with Gasteiger partial charge in [0.15, 0.2) is 0 Å². The Morgan fingerprint density at radius 2 is 1.86 bits per heavy atom. The summed E-state index contributed by atoms with van der Waals surface area (Å²) in [5.41, 5.74) is 1.51. The second-order valence-electron chi connectivity index (χ2n) is 5.58. The van der Waals surface area contributed by atoms with Crippen molar-refractivity contribution in [3.8, 4) is 0 Å². The first-order chi connectivity index (χ1) is 6.25. The lowest BCUT2D eigenvalue weighted by Crippen LogP contribution is -2.33. The van der Waals surface area contributed by atoms with Crippen LogP contribution in [-0.4, -0.2) is 25.0 Å². The number of rotatable bonds is 6. The van der Waals surface area contributed by atoms with Crippen molar-refractivity contribution < 1.29 is 0 Å². The van der Waals surface area contributed by atoms with E-state index in [0.29, 0.717) is 0 Å². The molecule has 0 aliphatic rings. The van der Waals surface area contributed by atoms with Gasteiger partial charge in [-0.1, -0.05) is 39.8 Å². The highest BCUT2D eigenvalue weighted by molar-refractivity contribution is 5.04. The van der Waals surface area contributed by atoms with E-state index >= 15 is 0 Å². The monoisotopic (exact) mass is 197 g/mol. The van der Waals surface area contributed by atoms with Crippen molar-refractivity contribution >= 4 is 0 Å². The molecule has 0 heterocycles. The van der Waals surface area contributed by atoms with Gasteiger partial charge in [0.25, 0.3) is 0 Å². The lowest BCUT2D eigenvalue weighted by Gasteiger charge is -2.31. The summed E-state index contributed by atoms with van der Waals surface area (Å²) >= 11 is 0. The molecule has 0 aliphatic heterocycles. The van der Waals surface area contributed by atoms with Crippen molar-refractivity contribution in [3.63, 3.8) is 0 Å². The van der Waals surface area contributed by atoms with Crippen LogP contribution in [-0.2, 0) is 0 Å². The summed E-state index contributed by atoms with van der Waals surface area (Å²) in [6.07, 6.45) is 1.28. The van der Waals surface area contributed by atoms with E-state index in [2.05, 4.69) is 53.1 Å². The second kappa shape index (κ2) is 5.55. The van der Waals surface area contributed by atoms with Crippen LogP contribution in [0.5, 0.6) is 0 Å². The van der Waals surface area contributed by atoms with Gasteiger partial charge in [0.1, 0.15) is 0 Å². The Hall–Kier alpha value is -0.300. The minimum atomic E-state index is 0.242. The van der Waals surface area contributed by atoms with Gasteiger partial charge in [0.05, 0.1) is 0 Å². The van der Waals surface area contributed by atoms with E-state index in [1.165, 1.54) is 18.5 Å². The van der Waals surface area contributed by atoms with E-state index in [0.717, 1.165) is 12.5 Å². The van der Waals surface area contributed by atoms with Gasteiger partial charge in [0, 0.05) is 6.54 Å². The first kappa shape index (κ1) is 13.7. The minimum absolute atomic E-state index is 0.242. The molecule has 0 spiro atoms. The average Bonchev–Trinajstić information content (AvgIpc) is 1.99. The van der Waals surface area contributed by atoms with Gasteiger partial charge in [0.2, 0.25) is 0 Å². The molecule has 14 heavy (non-hydrogen) atoms. The molecule has 0 radical (unpaired) electrons. The van der Waals surface area contributed by atoms with E-state index in [1.807, 2.05) is 0 Å². The lowest BCUT2D eigenvalue weighted by molar-refractivity contribution is 0.230. The van der Waals surface area contributed by atoms with Gasteiger partial charge in [-0.05, 0) is 38.3 Å². The molecule has 0 rings (SSSR count). The van der Waals surface area contributed by atoms with Gasteiger partial charge in [-0.2, -0.15) is 0 Å². The van der Waals surface area contributed by atoms with Crippen LogP contribution in [0.2, 0.25) is 0 Å². The maximum Gasteiger partial charge on any atom is 0.00668 e. The fourth-order valence-corrected chi connectivity index (χ4v) is 1.37. The van der Waals surface area contributed by atoms with E-state index in [1.54, 1.807) is 0 Å². The van der Waals surface area contributed by atoms with Gasteiger partial charge in [-0.3, -0.25) is 0 Å². The van der Waals surface area contributed by atoms with Crippen molar-refractivity contribution in [2.45, 2.75) is 41.0 Å². The third kappa shape index (κ3) is 5.43. The van der Waals surface area contributed by atoms with Crippen molar-refractivity contribution in [1.29, 1.82) is 0 Å². The predicted molar refractivity (Wildman–Crippen MR) is 65.5 cm³/mol. The highest BCUT2D eigenvalue weighted by Crippen LogP contribution is 2.25. The van der Waals surface area contributed by atoms with Crippen molar-refractivity contribution in [2.24, 2.45) is 11.3 Å². The van der Waals surface area contributed by atoms with Crippen LogP contribution in [0.15, 0.2) is 12.2 Å². The van der Waals surface area contributed by atoms with Gasteiger partial charge < -0.3 is 4.90 Å². The number of hydrogen-bond acceptors (Lipinski definition) is 1. The van der Waals surface area contributed by atoms with Crippen LogP contribution < -0.4 is 0 Å². The Kier molecular flexibility index (Phi) is 5.43. The van der Waals surface area contributed by atoms with Crippen LogP contribution in [0, 0.1) is 11.3 Å². The average molecular weight is 197 g/mol. The molecule has 0 atom stereocenters. The Labute approximate surface area is 90.2 Å². The Morgan fingerprint density at radius 3 is 2.21 bits per heavy atom. The first-order valence-electron chi connectivity index (χ1n) is 5.60. The van der Waals surface area contributed by atoms with Gasteiger partial charge >= 0.3 is 0 Å². The van der Waals surface area contributed by atoms with Crippen LogP contribution in [0.3, 0.4) is 0 Å². The molecule has 0 fully saturated rings. The van der Waals surface area contributed by atoms with E-state index in [4.69, 9.17) is 0 Å². The molecule has 1 nitrogen and oxygen atoms in total. The lowest BCUT2D eigenvalue weighted by atomic mass is 9.85. The molecule has 0 aromatic heterocycles. The summed E-state index contributed by atoms with van der Waals surface area (Å²) in [5, 5.41) is 0. The van der Waals surface area contributed by atoms with Crippen LogP contribution in [0.4, 0.5) is 0 Å². The molecule has 1 heteroatoms. The SMILES string of the molecule is C=C(C)C(C)(C)CN(C)CCC(C)C. The molecule has 84 valence electrons. The molecule has 0 aliphatic carbocycles. The fourth-order valence-electron chi connectivity index (χ4n) is 1.37. The Balaban J connectivity index is 3.93. The summed E-state index contributed by atoms with van der Waals surface area (Å²) < 4.78 is 0. The number of hydrogen-bond donors (Lipinski definition) is 0. The van der Waals surface area contributed by atoms with Crippen LogP contribution in [0.1, 0.15) is 41.0 Å². The van der Waals surface area contributed by atoms with Crippen LogP contribution in [0.25, 0.3) is 0 Å². The standard InChI is InChI=1S/C13H27N/c1-11(2)8-9-14(7)10-13(5,6)12(3)4/h11H,3,8-10H2,1-2,4-7H3. The van der Waals surface area contributed by atoms with Gasteiger partial charge in [-0.15, -0.1) is 0 Å². The minimum Gasteiger partial charge on any atom is -0.306 e. The maximum atomic E-state index is 4.05. The predicted octanol–water partition coefficient (Wildman–Crippen LogP) is 3.57. The maximum absolute atomic E-state index is 4.05. The zero-order valence-electron chi connectivity index (χ0n) is 10.9. The molecule has 0 saturated carbocycles. The smallest absolute Gasteiger partial charge is 0.00668 e. The summed E-state index contributed by atoms with van der Waals surface area (Å²) in [4.78, 5) is 2.41. The molecule has 0 aromatic rings. The molecule has 0 N–H and O–H groups in total. The zero-order chi connectivity index (χ0) is 11.4. The highest BCUT2D eigenvalue weighted by Gasteiger charge is 2.20. The molecule has 0 bridgehead atoms. The largest absolute Gasteiger partial charge is 0.306 e. The Morgan fingerprint density at radius 1 is 1.36 bits per heavy atom. The molecule has 0 saturated heterocycles. The molecular formula is C13H27N. The van der Waals surface area contributed by atoms with E-state index < -0.39 is 0 Å². The summed E-state index contributed by atoms with van der Waals surface area (Å²) in [5.74, 6) is 0.797. The molecule has 0 amide bonds. The second-order valence-corrected chi connectivity index (χ2v) is 5.58. The van der Waals surface area contributed by atoms with E-state index in [9.17, 15) is 0 Å². The Bertz CT molecular complexity index is 180. The van der Waals surface area contributed by atoms with Crippen LogP contribution >= 0.6 is 0 Å². The quantitative estimate of drug-likeness (QED) is 0.588. The summed E-state index contributed by atoms with van der Waals surface area (Å²) in [7, 11) is 2.20. The number of nitrogens with zero attached hydrogens (tertiary/aromatic N) is 1. The van der Waals surface area contributed by atoms with Crippen molar-refractivity contribution in [3.05, 3.63) is 12.2 Å². The third-order valence-electron chi connectivity index (χ3n) is 2.91. The highest BCUT2D eigenvalue weighted by atomic mass is 15.1. The zero-order valence-corrected chi connectivity index (χ0v) is 10.9. The van der Waals surface area contributed by atoms with Crippen molar-refractivity contribution in [1.82, 2.24) is 4.90 Å². The third-order valence-corrected chi connectivity index (χ3v) is 2.91. The summed E-state index contributed by atoms with van der Waals surface area (Å²) in [6.45, 7) is 17.5. The molecule has 0 unspecified atom stereocenters. The fraction of sp³-hybridized carbons (Fsp3) is 0.846. The normalized spacial score (nSPS) is 12.6. The summed E-state index contributed by atoms with van der Waals surface area (Å²) in [6, 6.07) is 0. The van der Waals surface area contributed by atoms with Gasteiger partial charge in [-0.25, -0.2) is 0 Å².